The third-order valence-electron chi connectivity index (χ3n) is 5.75. The Morgan fingerprint density at radius 3 is 2.53 bits per heavy atom. The molecule has 11 heteroatoms. The summed E-state index contributed by atoms with van der Waals surface area (Å²) < 4.78 is 49.4. The molecule has 0 spiro atoms. The maximum Gasteiger partial charge on any atom is 0.254 e. The first kappa shape index (κ1) is 25.3. The fraction of sp³-hybridized carbons (Fsp3) is 0.185. The van der Waals surface area contributed by atoms with Crippen molar-refractivity contribution in [3.63, 3.8) is 0 Å². The smallest absolute Gasteiger partial charge is 0.254 e. The fourth-order valence-corrected chi connectivity index (χ4v) is 4.90. The summed E-state index contributed by atoms with van der Waals surface area (Å²) >= 11 is 0. The van der Waals surface area contributed by atoms with E-state index in [1.54, 1.807) is 35.8 Å². The summed E-state index contributed by atoms with van der Waals surface area (Å²) in [6.07, 6.45) is 4.81. The predicted molar refractivity (Wildman–Crippen MR) is 144 cm³/mol. The fourth-order valence-electron chi connectivity index (χ4n) is 3.97. The van der Waals surface area contributed by atoms with Crippen molar-refractivity contribution < 1.29 is 17.2 Å². The van der Waals surface area contributed by atoms with Gasteiger partial charge in [0.1, 0.15) is 29.9 Å². The number of rotatable bonds is 9. The average molecular weight is 533 g/mol. The molecule has 0 saturated heterocycles. The number of halogens is 1. The summed E-state index contributed by atoms with van der Waals surface area (Å²) in [5, 5.41) is 5.42. The van der Waals surface area contributed by atoms with Crippen LogP contribution in [-0.4, -0.2) is 59.3 Å². The molecule has 0 unspecified atom stereocenters. The zero-order valence-corrected chi connectivity index (χ0v) is 21.6. The third kappa shape index (κ3) is 5.62. The number of nitrogens with zero attached hydrogens (tertiary/aromatic N) is 6. The number of benzene rings is 2. The van der Waals surface area contributed by atoms with Gasteiger partial charge in [0, 0.05) is 43.5 Å². The van der Waals surface area contributed by atoms with Gasteiger partial charge in [-0.3, -0.25) is 4.68 Å². The Labute approximate surface area is 219 Å². The summed E-state index contributed by atoms with van der Waals surface area (Å²) in [6, 6.07) is 17.6. The van der Waals surface area contributed by atoms with Crippen LogP contribution in [0.15, 0.2) is 82.0 Å². The molecular formula is C27H25FN6O3S. The predicted octanol–water partition coefficient (Wildman–Crippen LogP) is 4.87. The summed E-state index contributed by atoms with van der Waals surface area (Å²) in [6.45, 7) is 0.333. The second-order valence-corrected chi connectivity index (χ2v) is 10.7. The molecule has 194 valence electrons. The maximum atomic E-state index is 13.7. The molecule has 0 amide bonds. The molecule has 9 nitrogen and oxygen atoms in total. The molecule has 0 N–H and O–H groups in total. The Hall–Kier alpha value is -4.38. The standard InChI is InChI=1S/C27H25FN6O3S/c1-33(2)18-31-38(35,36)14-6-13-34-16-23(25(32-34)20-9-11-21(28)12-10-20)26-22-15-24(19-7-4-3-5-8-19)37-27(22)30-17-29-26/h3-5,7-12,15-18H,6,13-14H2,1-2H3/b31-18+. The molecule has 0 atom stereocenters. The molecule has 0 radical (unpaired) electrons. The number of aryl methyl sites for hydroxylation is 1. The first-order chi connectivity index (χ1) is 18.3. The molecule has 0 aliphatic carbocycles. The van der Waals surface area contributed by atoms with Crippen LogP contribution in [0.25, 0.3) is 44.9 Å². The van der Waals surface area contributed by atoms with Gasteiger partial charge in [-0.1, -0.05) is 30.3 Å². The van der Waals surface area contributed by atoms with Gasteiger partial charge < -0.3 is 9.32 Å². The number of furan rings is 1. The average Bonchev–Trinajstić information content (AvgIpc) is 3.53. The van der Waals surface area contributed by atoms with Crippen LogP contribution in [0.3, 0.4) is 0 Å². The Balaban J connectivity index is 1.52. The maximum absolute atomic E-state index is 13.7. The highest BCUT2D eigenvalue weighted by Crippen LogP contribution is 2.36. The number of aromatic nitrogens is 4. The second kappa shape index (κ2) is 10.5. The largest absolute Gasteiger partial charge is 0.438 e. The molecule has 0 aliphatic rings. The molecule has 3 heterocycles. The quantitative estimate of drug-likeness (QED) is 0.197. The number of hydrogen-bond donors (Lipinski definition) is 0. The Kier molecular flexibility index (Phi) is 7.01. The first-order valence-corrected chi connectivity index (χ1v) is 13.5. The van der Waals surface area contributed by atoms with E-state index in [1.165, 1.54) is 24.8 Å². The van der Waals surface area contributed by atoms with Crippen molar-refractivity contribution in [2.45, 2.75) is 13.0 Å². The van der Waals surface area contributed by atoms with E-state index in [4.69, 9.17) is 9.52 Å². The lowest BCUT2D eigenvalue weighted by Gasteiger charge is -2.04. The lowest BCUT2D eigenvalue weighted by molar-refractivity contribution is 0.573. The van der Waals surface area contributed by atoms with Gasteiger partial charge in [-0.25, -0.2) is 22.8 Å². The lowest BCUT2D eigenvalue weighted by atomic mass is 10.0. The minimum absolute atomic E-state index is 0.127. The van der Waals surface area contributed by atoms with E-state index in [-0.39, 0.29) is 11.6 Å². The van der Waals surface area contributed by atoms with Crippen molar-refractivity contribution in [3.05, 3.63) is 79.0 Å². The van der Waals surface area contributed by atoms with Crippen molar-refractivity contribution in [3.8, 4) is 33.8 Å². The van der Waals surface area contributed by atoms with Crippen LogP contribution in [0.4, 0.5) is 4.39 Å². The lowest BCUT2D eigenvalue weighted by Crippen LogP contribution is -2.12. The molecule has 5 aromatic rings. The van der Waals surface area contributed by atoms with Crippen molar-refractivity contribution >= 4 is 27.5 Å². The Morgan fingerprint density at radius 2 is 1.79 bits per heavy atom. The Morgan fingerprint density at radius 1 is 1.03 bits per heavy atom. The van der Waals surface area contributed by atoms with Gasteiger partial charge in [0.25, 0.3) is 10.0 Å². The van der Waals surface area contributed by atoms with Crippen molar-refractivity contribution in [1.82, 2.24) is 24.6 Å². The van der Waals surface area contributed by atoms with Crippen molar-refractivity contribution in [1.29, 1.82) is 0 Å². The van der Waals surface area contributed by atoms with E-state index in [1.807, 2.05) is 42.6 Å². The van der Waals surface area contributed by atoms with Gasteiger partial charge >= 0.3 is 0 Å². The van der Waals surface area contributed by atoms with Crippen LogP contribution >= 0.6 is 0 Å². The van der Waals surface area contributed by atoms with Crippen LogP contribution in [-0.2, 0) is 16.6 Å². The number of sulfonamides is 1. The SMILES string of the molecule is CN(C)/C=N/S(=O)(=O)CCCn1cc(-c2ncnc3oc(-c4ccccc4)cc23)c(-c2ccc(F)cc2)n1. The zero-order valence-electron chi connectivity index (χ0n) is 20.8. The zero-order chi connectivity index (χ0) is 26.7. The molecule has 0 fully saturated rings. The molecular weight excluding hydrogens is 507 g/mol. The van der Waals surface area contributed by atoms with Crippen LogP contribution in [0.5, 0.6) is 0 Å². The number of fused-ring (bicyclic) bond motifs is 1. The molecule has 3 aromatic heterocycles. The monoisotopic (exact) mass is 532 g/mol. The highest BCUT2D eigenvalue weighted by atomic mass is 32.2. The molecule has 5 rings (SSSR count). The molecule has 0 aliphatic heterocycles. The summed E-state index contributed by atoms with van der Waals surface area (Å²) in [5.41, 5.74) is 3.91. The van der Waals surface area contributed by atoms with E-state index in [0.717, 1.165) is 5.56 Å². The van der Waals surface area contributed by atoms with E-state index in [9.17, 15) is 12.8 Å². The molecule has 0 bridgehead atoms. The van der Waals surface area contributed by atoms with Gasteiger partial charge in [0.15, 0.2) is 0 Å². The number of hydrogen-bond acceptors (Lipinski definition) is 6. The third-order valence-corrected chi connectivity index (χ3v) is 6.97. The summed E-state index contributed by atoms with van der Waals surface area (Å²) in [7, 11) is -0.194. The van der Waals surface area contributed by atoms with E-state index >= 15 is 0 Å². The topological polar surface area (TPSA) is 106 Å². The second-order valence-electron chi connectivity index (χ2n) is 8.90. The van der Waals surface area contributed by atoms with E-state index in [2.05, 4.69) is 14.4 Å². The molecule has 2 aromatic carbocycles. The van der Waals surface area contributed by atoms with Gasteiger partial charge in [0.2, 0.25) is 5.71 Å². The van der Waals surface area contributed by atoms with E-state index < -0.39 is 10.0 Å². The van der Waals surface area contributed by atoms with Gasteiger partial charge in [0.05, 0.1) is 16.8 Å². The highest BCUT2D eigenvalue weighted by Gasteiger charge is 2.20. The minimum atomic E-state index is -3.60. The highest BCUT2D eigenvalue weighted by molar-refractivity contribution is 7.90. The summed E-state index contributed by atoms with van der Waals surface area (Å²) in [4.78, 5) is 10.4. The van der Waals surface area contributed by atoms with Crippen LogP contribution in [0.1, 0.15) is 6.42 Å². The molecule has 38 heavy (non-hydrogen) atoms. The minimum Gasteiger partial charge on any atom is -0.438 e. The van der Waals surface area contributed by atoms with Gasteiger partial charge in [-0.05, 0) is 36.8 Å². The van der Waals surface area contributed by atoms with Crippen LogP contribution < -0.4 is 0 Å². The summed E-state index contributed by atoms with van der Waals surface area (Å²) in [5.74, 6) is 0.171. The van der Waals surface area contributed by atoms with Crippen molar-refractivity contribution in [2.24, 2.45) is 4.40 Å². The van der Waals surface area contributed by atoms with Gasteiger partial charge in [-0.15, -0.1) is 0 Å². The molecule has 0 saturated carbocycles. The van der Waals surface area contributed by atoms with Crippen molar-refractivity contribution in [2.75, 3.05) is 19.8 Å². The normalized spacial score (nSPS) is 12.0. The Bertz CT molecular complexity index is 1690. The first-order valence-electron chi connectivity index (χ1n) is 11.9. The van der Waals surface area contributed by atoms with Gasteiger partial charge in [-0.2, -0.15) is 9.50 Å². The van der Waals surface area contributed by atoms with Crippen LogP contribution in [0.2, 0.25) is 0 Å². The van der Waals surface area contributed by atoms with E-state index in [0.29, 0.717) is 52.3 Å². The van der Waals surface area contributed by atoms with Crippen LogP contribution in [0, 0.1) is 5.82 Å².